The van der Waals surface area contributed by atoms with Gasteiger partial charge in [0.1, 0.15) is 0 Å². The molecule has 0 bridgehead atoms. The summed E-state index contributed by atoms with van der Waals surface area (Å²) in [4.78, 5) is 0. The summed E-state index contributed by atoms with van der Waals surface area (Å²) < 4.78 is 0. The third kappa shape index (κ3) is 8.81. The van der Waals surface area contributed by atoms with Crippen molar-refractivity contribution in [1.29, 1.82) is 0 Å². The fourth-order valence-electron chi connectivity index (χ4n) is 3.66. The number of hydrogen-bond donors (Lipinski definition) is 2. The molecule has 0 amide bonds. The van der Waals surface area contributed by atoms with Gasteiger partial charge in [-0.3, -0.25) is 0 Å². The lowest BCUT2D eigenvalue weighted by Gasteiger charge is -2.37. The van der Waals surface area contributed by atoms with Crippen molar-refractivity contribution >= 4 is 67.0 Å². The molecule has 2 unspecified atom stereocenters. The Kier molecular flexibility index (Phi) is 13.2. The molecule has 0 fully saturated rings. The van der Waals surface area contributed by atoms with Crippen LogP contribution in [0.25, 0.3) is 0 Å². The van der Waals surface area contributed by atoms with Gasteiger partial charge in [0.2, 0.25) is 0 Å². The molecule has 2 rings (SSSR count). The average Bonchev–Trinajstić information content (AvgIpc) is 2.69. The van der Waals surface area contributed by atoms with Crippen LogP contribution < -0.4 is 10.6 Å². The van der Waals surface area contributed by atoms with Crippen LogP contribution in [0.15, 0.2) is 48.5 Å². The number of benzene rings is 2. The summed E-state index contributed by atoms with van der Waals surface area (Å²) in [6.45, 7) is 15.2. The van der Waals surface area contributed by atoms with Crippen LogP contribution >= 0.6 is 67.0 Å². The van der Waals surface area contributed by atoms with E-state index in [2.05, 4.69) is 76.4 Å². The van der Waals surface area contributed by atoms with Crippen LogP contribution in [0.4, 0.5) is 0 Å². The minimum absolute atomic E-state index is 0. The highest BCUT2D eigenvalue weighted by Crippen LogP contribution is 2.55. The van der Waals surface area contributed by atoms with E-state index in [0.717, 1.165) is 23.1 Å². The van der Waals surface area contributed by atoms with Crippen molar-refractivity contribution < 1.29 is 0 Å². The van der Waals surface area contributed by atoms with Gasteiger partial charge in [-0.05, 0) is 86.0 Å². The van der Waals surface area contributed by atoms with Gasteiger partial charge in [0.25, 0.3) is 0 Å². The zero-order valence-corrected chi connectivity index (χ0v) is 24.4. The largest absolute Gasteiger partial charge is 0.311 e. The number of nitrogens with one attached hydrogen (secondary N) is 2. The van der Waals surface area contributed by atoms with Crippen LogP contribution in [0.3, 0.4) is 0 Å². The van der Waals surface area contributed by atoms with Gasteiger partial charge in [0, 0.05) is 21.1 Å². The zero-order chi connectivity index (χ0) is 23.1. The van der Waals surface area contributed by atoms with Gasteiger partial charge in [-0.15, -0.1) is 12.4 Å². The first-order chi connectivity index (χ1) is 14.6. The summed E-state index contributed by atoms with van der Waals surface area (Å²) in [6, 6.07) is 16.5. The van der Waals surface area contributed by atoms with E-state index in [-0.39, 0.29) is 34.0 Å². The smallest absolute Gasteiger partial charge is 0.0585 e. The van der Waals surface area contributed by atoms with E-state index >= 15 is 0 Å². The molecular weight excluding hydrogens is 519 g/mol. The number of rotatable bonds is 12. The maximum Gasteiger partial charge on any atom is 0.0585 e. The molecular formula is C24H35Cl3N2S3. The second-order valence-corrected chi connectivity index (χ2v) is 13.8. The third-order valence-electron chi connectivity index (χ3n) is 5.19. The normalized spacial score (nSPS) is 14.0. The molecule has 0 saturated carbocycles. The van der Waals surface area contributed by atoms with Gasteiger partial charge < -0.3 is 10.6 Å². The lowest BCUT2D eigenvalue weighted by Crippen LogP contribution is -2.43. The van der Waals surface area contributed by atoms with Crippen molar-refractivity contribution in [1.82, 2.24) is 10.6 Å². The topological polar surface area (TPSA) is 24.1 Å². The van der Waals surface area contributed by atoms with Crippen LogP contribution in [-0.2, 0) is 0 Å². The highest BCUT2D eigenvalue weighted by atomic mass is 35.5. The van der Waals surface area contributed by atoms with E-state index in [1.165, 1.54) is 11.1 Å². The zero-order valence-electron chi connectivity index (χ0n) is 19.6. The lowest BCUT2D eigenvalue weighted by atomic mass is 9.94. The Balaban J connectivity index is 0.00000512. The first-order valence-corrected chi connectivity index (χ1v) is 15.0. The van der Waals surface area contributed by atoms with Gasteiger partial charge in [0.05, 0.1) is 10.5 Å². The Bertz CT molecular complexity index is 732. The van der Waals surface area contributed by atoms with Gasteiger partial charge >= 0.3 is 0 Å². The summed E-state index contributed by atoms with van der Waals surface area (Å²) >= 11 is 12.3. The maximum absolute atomic E-state index is 6.15. The van der Waals surface area contributed by atoms with Crippen LogP contribution in [0.1, 0.15) is 63.2 Å². The average molecular weight is 554 g/mol. The molecule has 2 atom stereocenters. The molecule has 0 aliphatic heterocycles. The van der Waals surface area contributed by atoms with Crippen LogP contribution in [0, 0.1) is 0 Å². The number of hydrogen-bond acceptors (Lipinski definition) is 5. The van der Waals surface area contributed by atoms with Gasteiger partial charge in [-0.25, -0.2) is 0 Å². The second-order valence-electron chi connectivity index (χ2n) is 8.63. The molecule has 2 aromatic carbocycles. The fourth-order valence-corrected chi connectivity index (χ4v) is 9.84. The predicted octanol–water partition coefficient (Wildman–Crippen LogP) is 9.00. The van der Waals surface area contributed by atoms with Crippen molar-refractivity contribution in [3.63, 3.8) is 0 Å². The third-order valence-corrected chi connectivity index (χ3v) is 11.0. The first-order valence-electron chi connectivity index (χ1n) is 10.6. The maximum atomic E-state index is 6.15. The van der Waals surface area contributed by atoms with E-state index < -0.39 is 0 Å². The Morgan fingerprint density at radius 3 is 1.28 bits per heavy atom. The minimum Gasteiger partial charge on any atom is -0.311 e. The molecule has 32 heavy (non-hydrogen) atoms. The Morgan fingerprint density at radius 2 is 1.00 bits per heavy atom. The summed E-state index contributed by atoms with van der Waals surface area (Å²) in [5.74, 6) is 0. The quantitative estimate of drug-likeness (QED) is 0.255. The molecule has 8 heteroatoms. The van der Waals surface area contributed by atoms with E-state index in [1.807, 2.05) is 55.7 Å². The van der Waals surface area contributed by atoms with Crippen LogP contribution in [-0.4, -0.2) is 24.2 Å². The molecule has 0 aromatic heterocycles. The standard InChI is InChI=1S/C24H34Cl2N2S3.ClH/c1-7-27-23(3,4)21(17-9-13-19(25)14-10-17)29-31-30-22(24(5,6)28-8-2)18-11-15-20(26)16-12-18;/h9-16,21-22,27-28H,7-8H2,1-6H3;1H. The molecule has 0 spiro atoms. The van der Waals surface area contributed by atoms with Crippen molar-refractivity contribution in [3.8, 4) is 0 Å². The van der Waals surface area contributed by atoms with E-state index in [1.54, 1.807) is 0 Å². The molecule has 0 saturated heterocycles. The van der Waals surface area contributed by atoms with Crippen LogP contribution in [0.5, 0.6) is 0 Å². The van der Waals surface area contributed by atoms with Crippen LogP contribution in [0.2, 0.25) is 10.0 Å². The summed E-state index contributed by atoms with van der Waals surface area (Å²) in [5, 5.41) is 9.40. The fraction of sp³-hybridized carbons (Fsp3) is 0.500. The molecule has 2 aromatic rings. The molecule has 180 valence electrons. The molecule has 0 heterocycles. The molecule has 0 aliphatic rings. The Morgan fingerprint density at radius 1 is 0.688 bits per heavy atom. The number of halogens is 3. The van der Waals surface area contributed by atoms with Gasteiger partial charge in [-0.1, -0.05) is 82.9 Å². The molecule has 2 N–H and O–H groups in total. The van der Waals surface area contributed by atoms with Gasteiger partial charge in [-0.2, -0.15) is 0 Å². The monoisotopic (exact) mass is 552 g/mol. The highest BCUT2D eigenvalue weighted by Gasteiger charge is 2.34. The van der Waals surface area contributed by atoms with E-state index in [0.29, 0.717) is 0 Å². The first kappa shape index (κ1) is 30.3. The van der Waals surface area contributed by atoms with E-state index in [4.69, 9.17) is 23.2 Å². The van der Waals surface area contributed by atoms with Crippen molar-refractivity contribution in [2.45, 2.75) is 63.1 Å². The second kappa shape index (κ2) is 14.0. The number of likely N-dealkylation sites (N-methyl/N-ethyl adjacent to an activating group) is 2. The van der Waals surface area contributed by atoms with E-state index in [9.17, 15) is 0 Å². The highest BCUT2D eigenvalue weighted by molar-refractivity contribution is 9.09. The van der Waals surface area contributed by atoms with Gasteiger partial charge in [0.15, 0.2) is 0 Å². The molecule has 0 radical (unpaired) electrons. The van der Waals surface area contributed by atoms with Crippen molar-refractivity contribution in [2.75, 3.05) is 13.1 Å². The summed E-state index contributed by atoms with van der Waals surface area (Å²) in [7, 11) is 5.68. The molecule has 2 nitrogen and oxygen atoms in total. The Labute approximate surface area is 222 Å². The molecule has 0 aliphatic carbocycles. The predicted molar refractivity (Wildman–Crippen MR) is 154 cm³/mol. The Hall–Kier alpha value is 0.280. The summed E-state index contributed by atoms with van der Waals surface area (Å²) in [5.41, 5.74) is 2.44. The lowest BCUT2D eigenvalue weighted by molar-refractivity contribution is 0.391. The SMILES string of the molecule is CCNC(C)(C)C(SSSC(c1ccc(Cl)cc1)C(C)(C)NCC)c1ccc(Cl)cc1.Cl. The van der Waals surface area contributed by atoms with Crippen molar-refractivity contribution in [3.05, 3.63) is 69.7 Å². The summed E-state index contributed by atoms with van der Waals surface area (Å²) in [6.07, 6.45) is 0. The minimum atomic E-state index is -0.0617. The van der Waals surface area contributed by atoms with Crippen molar-refractivity contribution in [2.24, 2.45) is 0 Å².